The third-order valence-electron chi connectivity index (χ3n) is 2.52. The van der Waals surface area contributed by atoms with Gasteiger partial charge in [-0.2, -0.15) is 0 Å². The highest BCUT2D eigenvalue weighted by Gasteiger charge is 2.19. The molecule has 13 heavy (non-hydrogen) atoms. The van der Waals surface area contributed by atoms with Gasteiger partial charge in [-0.1, -0.05) is 0 Å². The molecule has 1 aromatic rings. The lowest BCUT2D eigenvalue weighted by Crippen LogP contribution is -2.27. The van der Waals surface area contributed by atoms with Crippen molar-refractivity contribution in [1.29, 1.82) is 0 Å². The Hall–Kier alpha value is -1.09. The number of benzene rings is 1. The van der Waals surface area contributed by atoms with Crippen LogP contribution in [-0.4, -0.2) is 23.6 Å². The van der Waals surface area contributed by atoms with Crippen molar-refractivity contribution < 1.29 is 9.50 Å². The third-order valence-corrected chi connectivity index (χ3v) is 2.52. The summed E-state index contributed by atoms with van der Waals surface area (Å²) in [6.45, 7) is 1.47. The smallest absolute Gasteiger partial charge is 0.128 e. The molecule has 0 aliphatic carbocycles. The molecule has 2 rings (SSSR count). The van der Waals surface area contributed by atoms with Crippen molar-refractivity contribution >= 4 is 0 Å². The summed E-state index contributed by atoms with van der Waals surface area (Å²) < 4.78 is 13.3. The van der Waals surface area contributed by atoms with Gasteiger partial charge >= 0.3 is 0 Å². The van der Waals surface area contributed by atoms with E-state index in [4.69, 9.17) is 0 Å². The van der Waals surface area contributed by atoms with Crippen LogP contribution in [0.3, 0.4) is 0 Å². The molecule has 2 nitrogen and oxygen atoms in total. The minimum Gasteiger partial charge on any atom is -0.508 e. The number of hydrogen-bond donors (Lipinski definition) is 1. The highest BCUT2D eigenvalue weighted by atomic mass is 19.1. The van der Waals surface area contributed by atoms with Gasteiger partial charge in [0.05, 0.1) is 0 Å². The first-order valence-electron chi connectivity index (χ1n) is 4.36. The number of nitrogens with zero attached hydrogens (tertiary/aromatic N) is 1. The first-order valence-corrected chi connectivity index (χ1v) is 4.36. The fraction of sp³-hybridized carbons (Fsp3) is 0.400. The average molecular weight is 181 g/mol. The Balaban J connectivity index is 2.51. The van der Waals surface area contributed by atoms with Gasteiger partial charge in [0, 0.05) is 24.2 Å². The molecule has 1 N–H and O–H groups in total. The van der Waals surface area contributed by atoms with Gasteiger partial charge in [0.1, 0.15) is 11.6 Å². The zero-order valence-corrected chi connectivity index (χ0v) is 7.55. The molecule has 70 valence electrons. The number of aromatic hydroxyl groups is 1. The second-order valence-electron chi connectivity index (χ2n) is 3.51. The maximum absolute atomic E-state index is 13.3. The van der Waals surface area contributed by atoms with E-state index >= 15 is 0 Å². The van der Waals surface area contributed by atoms with Crippen molar-refractivity contribution in [3.63, 3.8) is 0 Å². The van der Waals surface area contributed by atoms with E-state index in [2.05, 4.69) is 0 Å². The lowest BCUT2D eigenvalue weighted by atomic mass is 9.98. The summed E-state index contributed by atoms with van der Waals surface area (Å²) in [6.07, 6.45) is 0.732. The van der Waals surface area contributed by atoms with E-state index in [1.165, 1.54) is 12.1 Å². The fourth-order valence-corrected chi connectivity index (χ4v) is 1.75. The third kappa shape index (κ3) is 1.40. The molecular formula is C10H12FNO. The van der Waals surface area contributed by atoms with Crippen molar-refractivity contribution in [1.82, 2.24) is 4.90 Å². The van der Waals surface area contributed by atoms with Gasteiger partial charge in [0.25, 0.3) is 0 Å². The van der Waals surface area contributed by atoms with Crippen LogP contribution in [0.2, 0.25) is 0 Å². The minimum atomic E-state index is -0.209. The van der Waals surface area contributed by atoms with E-state index in [0.29, 0.717) is 12.1 Å². The summed E-state index contributed by atoms with van der Waals surface area (Å²) >= 11 is 0. The van der Waals surface area contributed by atoms with Crippen LogP contribution >= 0.6 is 0 Å². The van der Waals surface area contributed by atoms with E-state index in [1.54, 1.807) is 0 Å². The Morgan fingerprint density at radius 1 is 1.38 bits per heavy atom. The number of rotatable bonds is 0. The summed E-state index contributed by atoms with van der Waals surface area (Å²) in [4.78, 5) is 2.05. The summed E-state index contributed by atoms with van der Waals surface area (Å²) in [7, 11) is 1.95. The van der Waals surface area contributed by atoms with Gasteiger partial charge in [0.15, 0.2) is 0 Å². The molecule has 0 saturated heterocycles. The second-order valence-corrected chi connectivity index (χ2v) is 3.51. The van der Waals surface area contributed by atoms with Crippen molar-refractivity contribution in [2.24, 2.45) is 0 Å². The quantitative estimate of drug-likeness (QED) is 0.656. The maximum Gasteiger partial charge on any atom is 0.128 e. The number of fused-ring (bicyclic) bond motifs is 1. The molecule has 1 aliphatic heterocycles. The first-order chi connectivity index (χ1) is 6.18. The molecule has 3 heteroatoms. The second kappa shape index (κ2) is 3.00. The summed E-state index contributed by atoms with van der Waals surface area (Å²) in [6, 6.07) is 2.76. The first kappa shape index (κ1) is 8.51. The molecule has 1 aromatic carbocycles. The van der Waals surface area contributed by atoms with Crippen molar-refractivity contribution in [2.45, 2.75) is 13.0 Å². The topological polar surface area (TPSA) is 23.5 Å². The maximum atomic E-state index is 13.3. The molecule has 0 bridgehead atoms. The lowest BCUT2D eigenvalue weighted by Gasteiger charge is -2.25. The Kier molecular flexibility index (Phi) is 1.96. The van der Waals surface area contributed by atoms with Crippen LogP contribution < -0.4 is 0 Å². The van der Waals surface area contributed by atoms with Gasteiger partial charge < -0.3 is 10.0 Å². The van der Waals surface area contributed by atoms with E-state index in [0.717, 1.165) is 18.5 Å². The van der Waals surface area contributed by atoms with Crippen LogP contribution in [0.25, 0.3) is 0 Å². The van der Waals surface area contributed by atoms with Gasteiger partial charge in [-0.25, -0.2) is 4.39 Å². The van der Waals surface area contributed by atoms with E-state index in [1.807, 2.05) is 11.9 Å². The average Bonchev–Trinajstić information content (AvgIpc) is 2.12. The van der Waals surface area contributed by atoms with Crippen molar-refractivity contribution in [2.75, 3.05) is 13.6 Å². The molecule has 0 atom stereocenters. The van der Waals surface area contributed by atoms with Gasteiger partial charge in [0.2, 0.25) is 0 Å². The monoisotopic (exact) mass is 181 g/mol. The van der Waals surface area contributed by atoms with Gasteiger partial charge in [-0.15, -0.1) is 0 Å². The van der Waals surface area contributed by atoms with Crippen LogP contribution in [0.1, 0.15) is 11.1 Å². The Morgan fingerprint density at radius 3 is 2.92 bits per heavy atom. The predicted octanol–water partition coefficient (Wildman–Crippen LogP) is 1.52. The molecule has 0 amide bonds. The Labute approximate surface area is 76.6 Å². The Morgan fingerprint density at radius 2 is 2.15 bits per heavy atom. The molecule has 1 aliphatic rings. The van der Waals surface area contributed by atoms with E-state index in [-0.39, 0.29) is 11.6 Å². The molecule has 1 heterocycles. The molecular weight excluding hydrogens is 169 g/mol. The number of phenols is 1. The van der Waals surface area contributed by atoms with E-state index < -0.39 is 0 Å². The van der Waals surface area contributed by atoms with Crippen molar-refractivity contribution in [3.05, 3.63) is 29.1 Å². The number of phenolic OH excluding ortho intramolecular Hbond substituents is 1. The van der Waals surface area contributed by atoms with Crippen LogP contribution in [0.4, 0.5) is 4.39 Å². The largest absolute Gasteiger partial charge is 0.508 e. The predicted molar refractivity (Wildman–Crippen MR) is 48.1 cm³/mol. The zero-order valence-electron chi connectivity index (χ0n) is 7.55. The van der Waals surface area contributed by atoms with Crippen LogP contribution in [0, 0.1) is 5.82 Å². The minimum absolute atomic E-state index is 0.209. The summed E-state index contributed by atoms with van der Waals surface area (Å²) in [5.41, 5.74) is 1.42. The van der Waals surface area contributed by atoms with Crippen LogP contribution in [-0.2, 0) is 13.0 Å². The number of halogens is 1. The van der Waals surface area contributed by atoms with Gasteiger partial charge in [-0.3, -0.25) is 0 Å². The standard InChI is InChI=1S/C10H12FNO/c1-12-5-4-7-8(6-12)9(11)2-3-10(7)13/h2-3,13H,4-6H2,1H3. The molecule has 0 unspecified atom stereocenters. The summed E-state index contributed by atoms with van der Waals surface area (Å²) in [5.74, 6) is 0.0175. The highest BCUT2D eigenvalue weighted by molar-refractivity contribution is 5.41. The van der Waals surface area contributed by atoms with Gasteiger partial charge in [-0.05, 0) is 25.6 Å². The summed E-state index contributed by atoms with van der Waals surface area (Å²) in [5, 5.41) is 9.48. The SMILES string of the molecule is CN1CCc2c(O)ccc(F)c2C1. The molecule has 0 aromatic heterocycles. The zero-order chi connectivity index (χ0) is 9.42. The Bertz CT molecular complexity index is 338. The number of hydrogen-bond acceptors (Lipinski definition) is 2. The molecule has 0 saturated carbocycles. The normalized spacial score (nSPS) is 17.1. The van der Waals surface area contributed by atoms with Crippen LogP contribution in [0.15, 0.2) is 12.1 Å². The molecule has 0 fully saturated rings. The number of likely N-dealkylation sites (N-methyl/N-ethyl adjacent to an activating group) is 1. The van der Waals surface area contributed by atoms with E-state index in [9.17, 15) is 9.50 Å². The van der Waals surface area contributed by atoms with Crippen molar-refractivity contribution in [3.8, 4) is 5.75 Å². The molecule has 0 spiro atoms. The van der Waals surface area contributed by atoms with Crippen LogP contribution in [0.5, 0.6) is 5.75 Å². The highest BCUT2D eigenvalue weighted by Crippen LogP contribution is 2.28. The molecule has 0 radical (unpaired) electrons. The lowest BCUT2D eigenvalue weighted by molar-refractivity contribution is 0.301. The fourth-order valence-electron chi connectivity index (χ4n) is 1.75.